The van der Waals surface area contributed by atoms with Gasteiger partial charge in [-0.05, 0) is 56.4 Å². The van der Waals surface area contributed by atoms with Crippen molar-refractivity contribution in [3.05, 3.63) is 84.4 Å². The van der Waals surface area contributed by atoms with Gasteiger partial charge in [0, 0.05) is 47.3 Å². The normalized spacial score (nSPS) is 11.4. The number of hydrogen-bond acceptors (Lipinski definition) is 5. The van der Waals surface area contributed by atoms with Crippen LogP contribution in [0.25, 0.3) is 44.9 Å². The number of aromatic amines is 1. The summed E-state index contributed by atoms with van der Waals surface area (Å²) < 4.78 is 0. The quantitative estimate of drug-likeness (QED) is 0.427. The van der Waals surface area contributed by atoms with E-state index in [2.05, 4.69) is 64.3 Å². The number of hydrogen-bond donors (Lipinski definition) is 1. The third kappa shape index (κ3) is 4.00. The SMILES string of the molecule is Cc1cccc(-c2nc(-c3cncc(-c4ccc(CN(C)C)cc4)c3)c3cc[nH]c3n2)n1. The molecular formula is C26H24N6. The first-order valence-electron chi connectivity index (χ1n) is 10.6. The van der Waals surface area contributed by atoms with Gasteiger partial charge in [-0.15, -0.1) is 0 Å². The number of rotatable bonds is 5. The predicted octanol–water partition coefficient (Wildman–Crippen LogP) is 5.12. The minimum atomic E-state index is 0.595. The van der Waals surface area contributed by atoms with E-state index in [1.807, 2.05) is 49.8 Å². The Morgan fingerprint density at radius 1 is 0.844 bits per heavy atom. The number of benzene rings is 1. The van der Waals surface area contributed by atoms with Crippen molar-refractivity contribution in [2.45, 2.75) is 13.5 Å². The van der Waals surface area contributed by atoms with Gasteiger partial charge in [-0.2, -0.15) is 0 Å². The Labute approximate surface area is 187 Å². The fourth-order valence-electron chi connectivity index (χ4n) is 3.84. The van der Waals surface area contributed by atoms with Gasteiger partial charge in [-0.25, -0.2) is 15.0 Å². The molecule has 0 fully saturated rings. The van der Waals surface area contributed by atoms with Gasteiger partial charge in [0.25, 0.3) is 0 Å². The molecule has 0 bridgehead atoms. The molecule has 0 aliphatic heterocycles. The minimum Gasteiger partial charge on any atom is -0.346 e. The van der Waals surface area contributed by atoms with Gasteiger partial charge in [0.15, 0.2) is 5.82 Å². The Kier molecular flexibility index (Phi) is 5.21. The second kappa shape index (κ2) is 8.32. The van der Waals surface area contributed by atoms with E-state index in [-0.39, 0.29) is 0 Å². The zero-order chi connectivity index (χ0) is 22.1. The van der Waals surface area contributed by atoms with Crippen LogP contribution in [0.4, 0.5) is 0 Å². The highest BCUT2D eigenvalue weighted by atomic mass is 15.0. The average Bonchev–Trinajstić information content (AvgIpc) is 3.27. The molecule has 1 aromatic carbocycles. The Bertz CT molecular complexity index is 1390. The Hall–Kier alpha value is -3.90. The number of aromatic nitrogens is 5. The summed E-state index contributed by atoms with van der Waals surface area (Å²) in [6, 6.07) is 18.6. The largest absolute Gasteiger partial charge is 0.346 e. The Morgan fingerprint density at radius 2 is 1.66 bits per heavy atom. The van der Waals surface area contributed by atoms with E-state index < -0.39 is 0 Å². The second-order valence-electron chi connectivity index (χ2n) is 8.20. The molecule has 1 N–H and O–H groups in total. The number of H-pyrrole nitrogens is 1. The van der Waals surface area contributed by atoms with Crippen LogP contribution < -0.4 is 0 Å². The van der Waals surface area contributed by atoms with Crippen LogP contribution in [-0.2, 0) is 6.54 Å². The van der Waals surface area contributed by atoms with Gasteiger partial charge < -0.3 is 9.88 Å². The second-order valence-corrected chi connectivity index (χ2v) is 8.20. The first-order valence-corrected chi connectivity index (χ1v) is 10.6. The van der Waals surface area contributed by atoms with E-state index in [4.69, 9.17) is 9.97 Å². The third-order valence-electron chi connectivity index (χ3n) is 5.33. The Morgan fingerprint density at radius 3 is 2.44 bits per heavy atom. The summed E-state index contributed by atoms with van der Waals surface area (Å²) in [5.41, 5.74) is 7.71. The number of aryl methyl sites for hydroxylation is 1. The summed E-state index contributed by atoms with van der Waals surface area (Å²) >= 11 is 0. The zero-order valence-electron chi connectivity index (χ0n) is 18.4. The number of pyridine rings is 2. The standard InChI is InChI=1S/C26H24N6/c1-17-5-4-6-23(29-17)26-30-24(22-11-12-28-25(22)31-26)21-13-20(14-27-15-21)19-9-7-18(8-10-19)16-32(2)3/h4-15H,16H2,1-3H3,(H,28,30,31). The van der Waals surface area contributed by atoms with Crippen molar-refractivity contribution in [1.82, 2.24) is 29.8 Å². The van der Waals surface area contributed by atoms with Crippen LogP contribution >= 0.6 is 0 Å². The molecule has 5 rings (SSSR count). The molecule has 6 heteroatoms. The van der Waals surface area contributed by atoms with Crippen LogP contribution in [0.5, 0.6) is 0 Å². The lowest BCUT2D eigenvalue weighted by atomic mass is 10.0. The molecule has 0 unspecified atom stereocenters. The lowest BCUT2D eigenvalue weighted by Gasteiger charge is -2.11. The predicted molar refractivity (Wildman–Crippen MR) is 128 cm³/mol. The molecule has 6 nitrogen and oxygen atoms in total. The third-order valence-corrected chi connectivity index (χ3v) is 5.33. The molecular weight excluding hydrogens is 396 g/mol. The highest BCUT2D eigenvalue weighted by Crippen LogP contribution is 2.30. The van der Waals surface area contributed by atoms with Crippen LogP contribution in [0, 0.1) is 6.92 Å². The van der Waals surface area contributed by atoms with Crippen molar-refractivity contribution in [2.75, 3.05) is 14.1 Å². The first kappa shape index (κ1) is 20.0. The van der Waals surface area contributed by atoms with Gasteiger partial charge >= 0.3 is 0 Å². The topological polar surface area (TPSA) is 70.6 Å². The summed E-state index contributed by atoms with van der Waals surface area (Å²) in [6.07, 6.45) is 5.63. The lowest BCUT2D eigenvalue weighted by Crippen LogP contribution is -2.10. The van der Waals surface area contributed by atoms with Crippen LogP contribution in [-0.4, -0.2) is 43.9 Å². The van der Waals surface area contributed by atoms with E-state index in [0.717, 1.165) is 51.4 Å². The molecule has 4 aromatic heterocycles. The van der Waals surface area contributed by atoms with E-state index in [1.165, 1.54) is 5.56 Å². The average molecular weight is 421 g/mol. The molecule has 0 aliphatic carbocycles. The van der Waals surface area contributed by atoms with Gasteiger partial charge in [-0.1, -0.05) is 30.3 Å². The zero-order valence-corrected chi connectivity index (χ0v) is 18.4. The number of nitrogens with one attached hydrogen (secondary N) is 1. The van der Waals surface area contributed by atoms with Crippen molar-refractivity contribution < 1.29 is 0 Å². The van der Waals surface area contributed by atoms with Gasteiger partial charge in [0.1, 0.15) is 11.3 Å². The molecule has 0 saturated heterocycles. The molecule has 0 saturated carbocycles. The highest BCUT2D eigenvalue weighted by molar-refractivity contribution is 5.92. The molecule has 5 aromatic rings. The number of nitrogens with zero attached hydrogens (tertiary/aromatic N) is 5. The van der Waals surface area contributed by atoms with Crippen molar-refractivity contribution in [2.24, 2.45) is 0 Å². The van der Waals surface area contributed by atoms with Gasteiger partial charge in [0.05, 0.1) is 5.69 Å². The van der Waals surface area contributed by atoms with Crippen molar-refractivity contribution in [1.29, 1.82) is 0 Å². The van der Waals surface area contributed by atoms with E-state index in [0.29, 0.717) is 5.82 Å². The fraction of sp³-hybridized carbons (Fsp3) is 0.154. The van der Waals surface area contributed by atoms with Crippen molar-refractivity contribution >= 4 is 11.0 Å². The molecule has 0 atom stereocenters. The maximum absolute atomic E-state index is 4.90. The summed E-state index contributed by atoms with van der Waals surface area (Å²) in [6.45, 7) is 2.88. The molecule has 158 valence electrons. The number of fused-ring (bicyclic) bond motifs is 1. The van der Waals surface area contributed by atoms with Crippen LogP contribution in [0.15, 0.2) is 73.2 Å². The fourth-order valence-corrected chi connectivity index (χ4v) is 3.84. The molecule has 0 aliphatic rings. The molecule has 0 radical (unpaired) electrons. The summed E-state index contributed by atoms with van der Waals surface area (Å²) in [5, 5.41) is 0.960. The van der Waals surface area contributed by atoms with Crippen molar-refractivity contribution in [3.63, 3.8) is 0 Å². The molecule has 32 heavy (non-hydrogen) atoms. The summed E-state index contributed by atoms with van der Waals surface area (Å²) in [7, 11) is 4.15. The minimum absolute atomic E-state index is 0.595. The van der Waals surface area contributed by atoms with Crippen LogP contribution in [0.2, 0.25) is 0 Å². The molecule has 4 heterocycles. The van der Waals surface area contributed by atoms with Gasteiger partial charge in [-0.3, -0.25) is 4.98 Å². The maximum atomic E-state index is 4.90. The van der Waals surface area contributed by atoms with E-state index >= 15 is 0 Å². The Balaban J connectivity index is 1.58. The highest BCUT2D eigenvalue weighted by Gasteiger charge is 2.14. The van der Waals surface area contributed by atoms with E-state index in [1.54, 1.807) is 0 Å². The van der Waals surface area contributed by atoms with Crippen LogP contribution in [0.1, 0.15) is 11.3 Å². The van der Waals surface area contributed by atoms with Crippen LogP contribution in [0.3, 0.4) is 0 Å². The first-order chi connectivity index (χ1) is 15.6. The smallest absolute Gasteiger partial charge is 0.180 e. The van der Waals surface area contributed by atoms with Gasteiger partial charge in [0.2, 0.25) is 0 Å². The lowest BCUT2D eigenvalue weighted by molar-refractivity contribution is 0.402. The van der Waals surface area contributed by atoms with Crippen molar-refractivity contribution in [3.8, 4) is 33.9 Å². The maximum Gasteiger partial charge on any atom is 0.180 e. The summed E-state index contributed by atoms with van der Waals surface area (Å²) in [4.78, 5) is 24.1. The summed E-state index contributed by atoms with van der Waals surface area (Å²) in [5.74, 6) is 0.595. The monoisotopic (exact) mass is 420 g/mol. The molecule has 0 amide bonds. The molecule has 0 spiro atoms. The van der Waals surface area contributed by atoms with E-state index in [9.17, 15) is 0 Å².